The number of ether oxygens (including phenoxy) is 2. The second-order valence-electron chi connectivity index (χ2n) is 7.13. The highest BCUT2D eigenvalue weighted by atomic mass is 32.1. The number of methoxy groups -OCH3 is 1. The molecule has 0 unspecified atom stereocenters. The van der Waals surface area contributed by atoms with Gasteiger partial charge in [-0.05, 0) is 47.7 Å². The number of thiophene rings is 1. The lowest BCUT2D eigenvalue weighted by molar-refractivity contribution is -0.140. The average molecular weight is 424 g/mol. The lowest BCUT2D eigenvalue weighted by atomic mass is 10.1. The fourth-order valence-corrected chi connectivity index (χ4v) is 3.93. The van der Waals surface area contributed by atoms with Crippen LogP contribution in [-0.4, -0.2) is 26.2 Å². The predicted molar refractivity (Wildman–Crippen MR) is 124 cm³/mol. The SMILES string of the molecule is COC(=O)CCCCC=C(CNCc1cccs1)COc1cccc2ccccc12. The van der Waals surface area contributed by atoms with E-state index in [1.54, 1.807) is 11.3 Å². The molecule has 1 heterocycles. The van der Waals surface area contributed by atoms with E-state index in [4.69, 9.17) is 9.47 Å². The fourth-order valence-electron chi connectivity index (χ4n) is 3.26. The Hall–Kier alpha value is -2.63. The lowest BCUT2D eigenvalue weighted by Crippen LogP contribution is -2.19. The van der Waals surface area contributed by atoms with E-state index in [2.05, 4.69) is 47.1 Å². The van der Waals surface area contributed by atoms with Gasteiger partial charge in [-0.3, -0.25) is 4.79 Å². The van der Waals surface area contributed by atoms with Crippen LogP contribution in [0.15, 0.2) is 71.6 Å². The minimum absolute atomic E-state index is 0.142. The Kier molecular flexibility index (Phi) is 8.94. The summed E-state index contributed by atoms with van der Waals surface area (Å²) in [6, 6.07) is 18.6. The summed E-state index contributed by atoms with van der Waals surface area (Å²) < 4.78 is 10.9. The number of carbonyl (C=O) groups is 1. The quantitative estimate of drug-likeness (QED) is 0.230. The van der Waals surface area contributed by atoms with Crippen molar-refractivity contribution in [1.82, 2.24) is 5.32 Å². The Morgan fingerprint density at radius 3 is 2.77 bits per heavy atom. The number of nitrogens with one attached hydrogen (secondary N) is 1. The van der Waals surface area contributed by atoms with Gasteiger partial charge in [-0.1, -0.05) is 48.5 Å². The molecular weight excluding hydrogens is 394 g/mol. The zero-order valence-electron chi connectivity index (χ0n) is 17.4. The van der Waals surface area contributed by atoms with Crippen molar-refractivity contribution in [3.63, 3.8) is 0 Å². The first kappa shape index (κ1) is 22.1. The van der Waals surface area contributed by atoms with Gasteiger partial charge >= 0.3 is 5.97 Å². The van der Waals surface area contributed by atoms with Crippen LogP contribution in [0.3, 0.4) is 0 Å². The Bertz CT molecular complexity index is 945. The van der Waals surface area contributed by atoms with Gasteiger partial charge < -0.3 is 14.8 Å². The summed E-state index contributed by atoms with van der Waals surface area (Å²) >= 11 is 1.76. The number of esters is 1. The lowest BCUT2D eigenvalue weighted by Gasteiger charge is -2.13. The molecule has 0 fully saturated rings. The number of carbonyl (C=O) groups excluding carboxylic acids is 1. The highest BCUT2D eigenvalue weighted by molar-refractivity contribution is 7.09. The van der Waals surface area contributed by atoms with Gasteiger partial charge in [0.05, 0.1) is 7.11 Å². The second kappa shape index (κ2) is 12.2. The van der Waals surface area contributed by atoms with Gasteiger partial charge in [0.15, 0.2) is 0 Å². The molecule has 4 nitrogen and oxygen atoms in total. The number of benzene rings is 2. The maximum atomic E-state index is 11.3. The molecule has 0 spiro atoms. The van der Waals surface area contributed by atoms with Crippen LogP contribution < -0.4 is 10.1 Å². The molecule has 0 aliphatic rings. The third-order valence-electron chi connectivity index (χ3n) is 4.89. The first-order valence-electron chi connectivity index (χ1n) is 10.3. The zero-order chi connectivity index (χ0) is 21.0. The van der Waals surface area contributed by atoms with Crippen molar-refractivity contribution in [3.05, 3.63) is 76.5 Å². The molecule has 0 radical (unpaired) electrons. The molecule has 0 amide bonds. The van der Waals surface area contributed by atoms with Gasteiger partial charge in [-0.25, -0.2) is 0 Å². The smallest absolute Gasteiger partial charge is 0.305 e. The van der Waals surface area contributed by atoms with Crippen molar-refractivity contribution in [1.29, 1.82) is 0 Å². The first-order chi connectivity index (χ1) is 14.8. The standard InChI is InChI=1S/C25H29NO3S/c1-28-25(27)15-4-2-3-9-20(17-26-18-22-12-8-16-30-22)19-29-24-14-7-11-21-10-5-6-13-23(21)24/h5-14,16,26H,2-4,15,17-19H2,1H3. The molecule has 3 aromatic rings. The predicted octanol–water partition coefficient (Wildman–Crippen LogP) is 5.73. The molecule has 0 aliphatic heterocycles. The summed E-state index contributed by atoms with van der Waals surface area (Å²) in [7, 11) is 1.43. The Morgan fingerprint density at radius 1 is 1.07 bits per heavy atom. The zero-order valence-corrected chi connectivity index (χ0v) is 18.3. The molecular formula is C25H29NO3S. The maximum absolute atomic E-state index is 11.3. The molecule has 0 saturated carbocycles. The van der Waals surface area contributed by atoms with Gasteiger partial charge in [0.1, 0.15) is 12.4 Å². The molecule has 1 aromatic heterocycles. The summed E-state index contributed by atoms with van der Waals surface area (Å²) in [6.07, 6.45) is 5.43. The minimum Gasteiger partial charge on any atom is -0.489 e. The molecule has 2 aromatic carbocycles. The number of fused-ring (bicyclic) bond motifs is 1. The van der Waals surface area contributed by atoms with E-state index in [0.717, 1.165) is 43.5 Å². The van der Waals surface area contributed by atoms with Gasteiger partial charge in [0, 0.05) is 29.8 Å². The summed E-state index contributed by atoms with van der Waals surface area (Å²) in [5.41, 5.74) is 1.22. The van der Waals surface area contributed by atoms with Gasteiger partial charge in [-0.2, -0.15) is 0 Å². The van der Waals surface area contributed by atoms with Gasteiger partial charge in [0.2, 0.25) is 0 Å². The van der Waals surface area contributed by atoms with Crippen LogP contribution in [-0.2, 0) is 16.1 Å². The molecule has 30 heavy (non-hydrogen) atoms. The number of allylic oxidation sites excluding steroid dienone is 1. The van der Waals surface area contributed by atoms with E-state index in [-0.39, 0.29) is 5.97 Å². The maximum Gasteiger partial charge on any atom is 0.305 e. The highest BCUT2D eigenvalue weighted by Gasteiger charge is 2.05. The third kappa shape index (κ3) is 7.01. The molecule has 0 bridgehead atoms. The summed E-state index contributed by atoms with van der Waals surface area (Å²) in [4.78, 5) is 12.6. The van der Waals surface area contributed by atoms with Crippen molar-refractivity contribution in [2.24, 2.45) is 0 Å². The molecule has 0 saturated heterocycles. The van der Waals surface area contributed by atoms with Crippen LogP contribution >= 0.6 is 11.3 Å². The Balaban J connectivity index is 1.57. The van der Waals surface area contributed by atoms with Crippen molar-refractivity contribution < 1.29 is 14.3 Å². The van der Waals surface area contributed by atoms with E-state index in [1.165, 1.54) is 22.9 Å². The molecule has 1 N–H and O–H groups in total. The van der Waals surface area contributed by atoms with Crippen LogP contribution in [0.5, 0.6) is 5.75 Å². The van der Waals surface area contributed by atoms with Crippen molar-refractivity contribution >= 4 is 28.1 Å². The molecule has 3 rings (SSSR count). The van der Waals surface area contributed by atoms with E-state index in [1.807, 2.05) is 24.3 Å². The summed E-state index contributed by atoms with van der Waals surface area (Å²) in [5.74, 6) is 0.763. The number of hydrogen-bond donors (Lipinski definition) is 1. The largest absolute Gasteiger partial charge is 0.489 e. The van der Waals surface area contributed by atoms with Crippen LogP contribution in [0.25, 0.3) is 10.8 Å². The van der Waals surface area contributed by atoms with Crippen LogP contribution in [0.1, 0.15) is 30.6 Å². The normalized spacial score (nSPS) is 11.6. The minimum atomic E-state index is -0.142. The molecule has 5 heteroatoms. The van der Waals surface area contributed by atoms with Gasteiger partial charge in [0.25, 0.3) is 0 Å². The monoisotopic (exact) mass is 423 g/mol. The second-order valence-corrected chi connectivity index (χ2v) is 8.17. The fraction of sp³-hybridized carbons (Fsp3) is 0.320. The van der Waals surface area contributed by atoms with E-state index in [9.17, 15) is 4.79 Å². The van der Waals surface area contributed by atoms with Crippen LogP contribution in [0.2, 0.25) is 0 Å². The number of hydrogen-bond acceptors (Lipinski definition) is 5. The third-order valence-corrected chi connectivity index (χ3v) is 5.77. The number of unbranched alkanes of at least 4 members (excludes halogenated alkanes) is 2. The van der Waals surface area contributed by atoms with E-state index < -0.39 is 0 Å². The highest BCUT2D eigenvalue weighted by Crippen LogP contribution is 2.25. The summed E-state index contributed by atoms with van der Waals surface area (Å²) in [6.45, 7) is 2.17. The van der Waals surface area contributed by atoms with E-state index >= 15 is 0 Å². The van der Waals surface area contributed by atoms with Crippen LogP contribution in [0.4, 0.5) is 0 Å². The average Bonchev–Trinajstić information content (AvgIpc) is 3.30. The number of rotatable bonds is 12. The van der Waals surface area contributed by atoms with E-state index in [0.29, 0.717) is 13.0 Å². The first-order valence-corrected chi connectivity index (χ1v) is 11.2. The van der Waals surface area contributed by atoms with Crippen molar-refractivity contribution in [2.45, 2.75) is 32.2 Å². The van der Waals surface area contributed by atoms with Crippen molar-refractivity contribution in [3.8, 4) is 5.75 Å². The topological polar surface area (TPSA) is 47.6 Å². The molecule has 158 valence electrons. The van der Waals surface area contributed by atoms with Gasteiger partial charge in [-0.15, -0.1) is 11.3 Å². The van der Waals surface area contributed by atoms with Crippen molar-refractivity contribution in [2.75, 3.05) is 20.3 Å². The Morgan fingerprint density at radius 2 is 1.93 bits per heavy atom. The van der Waals surface area contributed by atoms with Crippen LogP contribution in [0, 0.1) is 0 Å². The summed E-state index contributed by atoms with van der Waals surface area (Å²) in [5, 5.41) is 7.92. The molecule has 0 aliphatic carbocycles. The Labute approximate surface area is 182 Å². The molecule has 0 atom stereocenters.